The molecule has 124 valence electrons. The van der Waals surface area contributed by atoms with Gasteiger partial charge in [0.1, 0.15) is 11.4 Å². The number of sulfonamides is 1. The van der Waals surface area contributed by atoms with E-state index in [4.69, 9.17) is 11.6 Å². The summed E-state index contributed by atoms with van der Waals surface area (Å²) >= 11 is 5.95. The number of benzene rings is 2. The Bertz CT molecular complexity index is 958. The van der Waals surface area contributed by atoms with E-state index in [1.54, 1.807) is 18.2 Å². The van der Waals surface area contributed by atoms with Gasteiger partial charge in [-0.3, -0.25) is 9.10 Å². The Labute approximate surface area is 142 Å². The summed E-state index contributed by atoms with van der Waals surface area (Å²) in [5, 5.41) is 13.4. The third kappa shape index (κ3) is 2.70. The van der Waals surface area contributed by atoms with E-state index in [1.807, 2.05) is 0 Å². The van der Waals surface area contributed by atoms with Crippen LogP contribution in [0.5, 0.6) is 0 Å². The van der Waals surface area contributed by atoms with Gasteiger partial charge in [-0.2, -0.15) is 0 Å². The maximum atomic E-state index is 12.9. The number of carboxylic acids is 1. The molecule has 0 saturated carbocycles. The van der Waals surface area contributed by atoms with Gasteiger partial charge >= 0.3 is 0 Å². The second-order valence-electron chi connectivity index (χ2n) is 5.01. The van der Waals surface area contributed by atoms with Crippen LogP contribution < -0.4 is 14.7 Å². The fourth-order valence-corrected chi connectivity index (χ4v) is 4.31. The minimum absolute atomic E-state index is 0.150. The average Bonchev–Trinajstić information content (AvgIpc) is 2.54. The summed E-state index contributed by atoms with van der Waals surface area (Å²) in [7, 11) is -4.25. The first kappa shape index (κ1) is 16.3. The van der Waals surface area contributed by atoms with E-state index in [9.17, 15) is 23.1 Å². The summed E-state index contributed by atoms with van der Waals surface area (Å²) < 4.78 is 26.8. The number of para-hydroxylation sites is 2. The van der Waals surface area contributed by atoms with Crippen molar-refractivity contribution in [2.75, 3.05) is 16.2 Å². The highest BCUT2D eigenvalue weighted by Crippen LogP contribution is 2.35. The van der Waals surface area contributed by atoms with Crippen molar-refractivity contribution in [2.24, 2.45) is 0 Å². The first-order chi connectivity index (χ1) is 11.3. The lowest BCUT2D eigenvalue weighted by Crippen LogP contribution is -2.42. The molecule has 0 atom stereocenters. The second-order valence-corrected chi connectivity index (χ2v) is 7.25. The maximum Gasteiger partial charge on any atom is 0.266 e. The molecule has 0 saturated heterocycles. The smallest absolute Gasteiger partial charge is 0.266 e. The van der Waals surface area contributed by atoms with Crippen LogP contribution >= 0.6 is 11.6 Å². The standard InChI is InChI=1S/C15H11ClN2O5S/c16-10-6-5-9(15(20)21)7-13(10)24(22,23)18-8-14(19)17-11-3-1-2-4-12(11)18/h1-7H,8H2,(H,17,19)(H,20,21)/p-1. The number of nitrogens with zero attached hydrogens (tertiary/aromatic N) is 1. The topological polar surface area (TPSA) is 107 Å². The number of anilines is 2. The Morgan fingerprint density at radius 3 is 2.62 bits per heavy atom. The van der Waals surface area contributed by atoms with Gasteiger partial charge in [-0.15, -0.1) is 0 Å². The van der Waals surface area contributed by atoms with Crippen LogP contribution in [0.3, 0.4) is 0 Å². The van der Waals surface area contributed by atoms with Gasteiger partial charge < -0.3 is 15.2 Å². The number of nitrogens with one attached hydrogen (secondary N) is 1. The van der Waals surface area contributed by atoms with Crippen LogP contribution in [0, 0.1) is 0 Å². The van der Waals surface area contributed by atoms with Gasteiger partial charge in [0, 0.05) is 0 Å². The molecule has 1 amide bonds. The van der Waals surface area contributed by atoms with E-state index in [0.29, 0.717) is 5.69 Å². The van der Waals surface area contributed by atoms with E-state index in [2.05, 4.69) is 5.32 Å². The zero-order valence-electron chi connectivity index (χ0n) is 12.0. The van der Waals surface area contributed by atoms with Gasteiger partial charge in [0.15, 0.2) is 0 Å². The molecule has 24 heavy (non-hydrogen) atoms. The molecule has 0 radical (unpaired) electrons. The molecular weight excluding hydrogens is 356 g/mol. The molecule has 0 aliphatic carbocycles. The van der Waals surface area contributed by atoms with E-state index >= 15 is 0 Å². The normalized spacial score (nSPS) is 14.0. The summed E-state index contributed by atoms with van der Waals surface area (Å²) in [6.45, 7) is -0.439. The number of fused-ring (bicyclic) bond motifs is 1. The quantitative estimate of drug-likeness (QED) is 0.867. The molecule has 2 aromatic carbocycles. The molecule has 0 spiro atoms. The van der Waals surface area contributed by atoms with Gasteiger partial charge in [0.2, 0.25) is 5.91 Å². The van der Waals surface area contributed by atoms with Crippen LogP contribution in [0.1, 0.15) is 10.4 Å². The van der Waals surface area contributed by atoms with Gasteiger partial charge in [-0.1, -0.05) is 29.8 Å². The Morgan fingerprint density at radius 1 is 1.21 bits per heavy atom. The predicted octanol–water partition coefficient (Wildman–Crippen LogP) is 0.851. The highest BCUT2D eigenvalue weighted by atomic mass is 35.5. The van der Waals surface area contributed by atoms with Crippen LogP contribution in [0.2, 0.25) is 5.02 Å². The predicted molar refractivity (Wildman–Crippen MR) is 85.4 cm³/mol. The van der Waals surface area contributed by atoms with Crippen molar-refractivity contribution in [3.05, 3.63) is 53.1 Å². The summed E-state index contributed by atoms with van der Waals surface area (Å²) in [6, 6.07) is 9.60. The largest absolute Gasteiger partial charge is 0.545 e. The van der Waals surface area contributed by atoms with E-state index in [0.717, 1.165) is 22.5 Å². The molecule has 1 N–H and O–H groups in total. The number of hydrogen-bond donors (Lipinski definition) is 1. The molecule has 0 fully saturated rings. The first-order valence-corrected chi connectivity index (χ1v) is 8.55. The fourth-order valence-electron chi connectivity index (χ4n) is 2.36. The van der Waals surface area contributed by atoms with Gasteiger partial charge in [-0.05, 0) is 29.8 Å². The number of halogens is 1. The van der Waals surface area contributed by atoms with Gasteiger partial charge in [-0.25, -0.2) is 8.42 Å². The van der Waals surface area contributed by atoms with Crippen molar-refractivity contribution in [3.8, 4) is 0 Å². The lowest BCUT2D eigenvalue weighted by atomic mass is 10.2. The Kier molecular flexibility index (Phi) is 3.94. The lowest BCUT2D eigenvalue weighted by Gasteiger charge is -2.30. The average molecular weight is 366 g/mol. The lowest BCUT2D eigenvalue weighted by molar-refractivity contribution is -0.255. The first-order valence-electron chi connectivity index (χ1n) is 6.73. The number of aromatic carboxylic acids is 1. The molecule has 2 aromatic rings. The number of carboxylic acid groups (broad SMARTS) is 1. The minimum Gasteiger partial charge on any atom is -0.545 e. The van der Waals surface area contributed by atoms with Crippen LogP contribution in [0.25, 0.3) is 0 Å². The molecule has 9 heteroatoms. The molecule has 1 heterocycles. The van der Waals surface area contributed by atoms with Crippen LogP contribution in [-0.4, -0.2) is 26.8 Å². The molecule has 1 aliphatic heterocycles. The summed E-state index contributed by atoms with van der Waals surface area (Å²) in [6.07, 6.45) is 0. The van der Waals surface area contributed by atoms with Crippen molar-refractivity contribution in [1.82, 2.24) is 0 Å². The van der Waals surface area contributed by atoms with E-state index in [-0.39, 0.29) is 16.3 Å². The van der Waals surface area contributed by atoms with Crippen LogP contribution in [0.15, 0.2) is 47.4 Å². The number of carbonyl (C=O) groups is 2. The molecule has 0 unspecified atom stereocenters. The third-order valence-electron chi connectivity index (χ3n) is 3.47. The van der Waals surface area contributed by atoms with Crippen molar-refractivity contribution in [2.45, 2.75) is 4.90 Å². The molecule has 0 aromatic heterocycles. The summed E-state index contributed by atoms with van der Waals surface area (Å²) in [5.74, 6) is -2.04. The van der Waals surface area contributed by atoms with Crippen molar-refractivity contribution >= 4 is 44.9 Å². The number of rotatable bonds is 3. The Balaban J connectivity index is 2.17. The third-order valence-corrected chi connectivity index (χ3v) is 5.71. The zero-order chi connectivity index (χ0) is 17.5. The Hall–Kier alpha value is -2.58. The van der Waals surface area contributed by atoms with E-state index < -0.39 is 33.3 Å². The van der Waals surface area contributed by atoms with Crippen LogP contribution in [-0.2, 0) is 14.8 Å². The maximum absolute atomic E-state index is 12.9. The molecule has 3 rings (SSSR count). The van der Waals surface area contributed by atoms with E-state index in [1.165, 1.54) is 6.07 Å². The van der Waals surface area contributed by atoms with Crippen molar-refractivity contribution in [1.29, 1.82) is 0 Å². The van der Waals surface area contributed by atoms with Crippen molar-refractivity contribution in [3.63, 3.8) is 0 Å². The number of hydrogen-bond acceptors (Lipinski definition) is 5. The monoisotopic (exact) mass is 365 g/mol. The zero-order valence-corrected chi connectivity index (χ0v) is 13.6. The SMILES string of the molecule is O=C1CN(S(=O)(=O)c2cc(C(=O)[O-])ccc2Cl)c2ccccc2N1. The highest BCUT2D eigenvalue weighted by Gasteiger charge is 2.33. The number of amides is 1. The molecule has 1 aliphatic rings. The van der Waals surface area contributed by atoms with Crippen molar-refractivity contribution < 1.29 is 23.1 Å². The molecule has 0 bridgehead atoms. The minimum atomic E-state index is -4.25. The summed E-state index contributed by atoms with van der Waals surface area (Å²) in [4.78, 5) is 22.4. The van der Waals surface area contributed by atoms with Crippen LogP contribution in [0.4, 0.5) is 11.4 Å². The fraction of sp³-hybridized carbons (Fsp3) is 0.0667. The van der Waals surface area contributed by atoms with Gasteiger partial charge in [0.05, 0.1) is 22.4 Å². The van der Waals surface area contributed by atoms with Gasteiger partial charge in [0.25, 0.3) is 10.0 Å². The highest BCUT2D eigenvalue weighted by molar-refractivity contribution is 7.93. The number of carbonyl (C=O) groups excluding carboxylic acids is 2. The summed E-state index contributed by atoms with van der Waals surface area (Å²) in [5.41, 5.74) is 0.282. The molecular formula is C15H10ClN2O5S-. The Morgan fingerprint density at radius 2 is 1.92 bits per heavy atom. The molecule has 7 nitrogen and oxygen atoms in total. The second kappa shape index (κ2) is 5.81.